The van der Waals surface area contributed by atoms with Crippen molar-refractivity contribution in [3.63, 3.8) is 0 Å². The van der Waals surface area contributed by atoms with Crippen molar-refractivity contribution in [3.05, 3.63) is 205 Å². The van der Waals surface area contributed by atoms with Crippen LogP contribution in [0.2, 0.25) is 0 Å². The molecule has 1 N–H and O–H groups in total. The predicted molar refractivity (Wildman–Crippen MR) is 229 cm³/mol. The van der Waals surface area contributed by atoms with Crippen LogP contribution in [0.25, 0.3) is 76.5 Å². The molecule has 0 amide bonds. The first-order valence-electron chi connectivity index (χ1n) is 18.7. The molecule has 55 heavy (non-hydrogen) atoms. The molecule has 10 aromatic rings. The van der Waals surface area contributed by atoms with Gasteiger partial charge in [-0.15, -0.1) is 0 Å². The van der Waals surface area contributed by atoms with E-state index in [-0.39, 0.29) is 0 Å². The van der Waals surface area contributed by atoms with E-state index in [4.69, 9.17) is 14.4 Å². The number of hydrogen-bond acceptors (Lipinski definition) is 4. The lowest BCUT2D eigenvalue weighted by molar-refractivity contribution is 0.668. The average molecular weight is 704 g/mol. The van der Waals surface area contributed by atoms with Crippen molar-refractivity contribution in [2.75, 3.05) is 0 Å². The van der Waals surface area contributed by atoms with E-state index < -0.39 is 6.17 Å². The van der Waals surface area contributed by atoms with E-state index in [1.165, 1.54) is 32.5 Å². The van der Waals surface area contributed by atoms with Crippen LogP contribution in [-0.2, 0) is 0 Å². The summed E-state index contributed by atoms with van der Waals surface area (Å²) >= 11 is 0. The zero-order valence-corrected chi connectivity index (χ0v) is 29.8. The van der Waals surface area contributed by atoms with Crippen molar-refractivity contribution in [2.24, 2.45) is 9.98 Å². The molecular weight excluding hydrogens is 671 g/mol. The van der Waals surface area contributed by atoms with Crippen LogP contribution in [0.5, 0.6) is 0 Å². The van der Waals surface area contributed by atoms with Gasteiger partial charge in [0.05, 0.1) is 0 Å². The maximum atomic E-state index is 6.72. The number of nitrogens with zero attached hydrogens (tertiary/aromatic N) is 2. The summed E-state index contributed by atoms with van der Waals surface area (Å²) < 4.78 is 6.72. The van der Waals surface area contributed by atoms with E-state index in [1.807, 2.05) is 12.1 Å². The highest BCUT2D eigenvalue weighted by molar-refractivity contribution is 6.17. The van der Waals surface area contributed by atoms with Crippen molar-refractivity contribution >= 4 is 65.9 Å². The summed E-state index contributed by atoms with van der Waals surface area (Å²) in [5.41, 5.74) is 9.16. The molecule has 258 valence electrons. The second-order valence-corrected chi connectivity index (χ2v) is 14.2. The summed E-state index contributed by atoms with van der Waals surface area (Å²) in [4.78, 5) is 10.7. The number of furan rings is 1. The Labute approximate surface area is 317 Å². The van der Waals surface area contributed by atoms with Crippen LogP contribution >= 0.6 is 0 Å². The second-order valence-electron chi connectivity index (χ2n) is 14.2. The molecule has 0 aliphatic carbocycles. The van der Waals surface area contributed by atoms with E-state index in [0.717, 1.165) is 72.4 Å². The molecule has 2 heterocycles. The van der Waals surface area contributed by atoms with Crippen molar-refractivity contribution in [1.82, 2.24) is 5.32 Å². The van der Waals surface area contributed by atoms with Gasteiger partial charge < -0.3 is 9.73 Å². The Morgan fingerprint density at radius 3 is 1.56 bits per heavy atom. The minimum atomic E-state index is -0.521. The van der Waals surface area contributed by atoms with Crippen molar-refractivity contribution in [2.45, 2.75) is 6.17 Å². The highest BCUT2D eigenvalue weighted by Crippen LogP contribution is 2.42. The number of benzene rings is 9. The Morgan fingerprint density at radius 2 is 0.891 bits per heavy atom. The minimum absolute atomic E-state index is 0.521. The fourth-order valence-corrected chi connectivity index (χ4v) is 8.06. The zero-order valence-electron chi connectivity index (χ0n) is 29.8. The van der Waals surface area contributed by atoms with Gasteiger partial charge >= 0.3 is 0 Å². The molecule has 1 aliphatic heterocycles. The molecule has 0 radical (unpaired) electrons. The fourth-order valence-electron chi connectivity index (χ4n) is 8.06. The number of para-hydroxylation sites is 1. The van der Waals surface area contributed by atoms with E-state index in [9.17, 15) is 0 Å². The smallest absolute Gasteiger partial charge is 0.170 e. The second kappa shape index (κ2) is 12.7. The van der Waals surface area contributed by atoms with Crippen LogP contribution in [-0.4, -0.2) is 11.7 Å². The molecule has 4 heteroatoms. The quantitative estimate of drug-likeness (QED) is 0.194. The van der Waals surface area contributed by atoms with Gasteiger partial charge in [0.15, 0.2) is 6.17 Å². The number of fused-ring (bicyclic) bond motifs is 6. The first kappa shape index (κ1) is 31.2. The normalized spacial score (nSPS) is 14.4. The molecule has 0 saturated heterocycles. The van der Waals surface area contributed by atoms with Crippen molar-refractivity contribution in [3.8, 4) is 22.3 Å². The van der Waals surface area contributed by atoms with Crippen LogP contribution in [0.1, 0.15) is 22.9 Å². The lowest BCUT2D eigenvalue weighted by Gasteiger charge is -2.23. The Hall–Kier alpha value is -7.30. The monoisotopic (exact) mass is 703 g/mol. The summed E-state index contributed by atoms with van der Waals surface area (Å²) in [5, 5.41) is 12.9. The third-order valence-corrected chi connectivity index (χ3v) is 10.9. The average Bonchev–Trinajstić information content (AvgIpc) is 3.65. The number of nitrogens with one attached hydrogen (secondary N) is 1. The molecule has 0 fully saturated rings. The first-order chi connectivity index (χ1) is 27.2. The Kier molecular flexibility index (Phi) is 7.20. The molecule has 1 aliphatic rings. The summed E-state index contributed by atoms with van der Waals surface area (Å²) in [6.07, 6.45) is -0.521. The SMILES string of the molecule is c1ccc2cc(C3=NC(c4ccc(-c5ccc6ccccc6c5)c5oc6ccccc6c45)N=C(c4ccc(-c5ccc6ccccc6c5)cc4)N3)ccc2c1. The standard InChI is InChI=1S/C51H33N3O/c1-4-12-37-29-40(24-19-32(37)9-1)35-17-22-36(23-18-35)49-52-50(42-26-21-34-11-3-6-14-39(34)31-42)54-51(53-49)45-28-27-43(41-25-20-33-10-2-5-13-38(33)30-41)48-47(45)44-15-7-8-16-46(44)55-48/h1-31,51H,(H,52,53,54). The van der Waals surface area contributed by atoms with Gasteiger partial charge in [0, 0.05) is 33.0 Å². The third-order valence-electron chi connectivity index (χ3n) is 10.9. The maximum absolute atomic E-state index is 6.72. The molecule has 0 spiro atoms. The molecule has 1 unspecified atom stereocenters. The first-order valence-corrected chi connectivity index (χ1v) is 18.7. The van der Waals surface area contributed by atoms with E-state index >= 15 is 0 Å². The Bertz CT molecular complexity index is 3190. The third kappa shape index (κ3) is 5.46. The van der Waals surface area contributed by atoms with Gasteiger partial charge in [-0.3, -0.25) is 0 Å². The van der Waals surface area contributed by atoms with Crippen LogP contribution in [0, 0.1) is 0 Å². The molecular formula is C51H33N3O. The van der Waals surface area contributed by atoms with E-state index in [1.54, 1.807) is 0 Å². The molecule has 1 aromatic heterocycles. The molecule has 9 aromatic carbocycles. The fraction of sp³-hybridized carbons (Fsp3) is 0.0196. The van der Waals surface area contributed by atoms with E-state index in [0.29, 0.717) is 0 Å². The molecule has 0 saturated carbocycles. The number of aliphatic imine (C=N–C) groups is 2. The lowest BCUT2D eigenvalue weighted by atomic mass is 9.95. The van der Waals surface area contributed by atoms with Gasteiger partial charge in [-0.1, -0.05) is 164 Å². The minimum Gasteiger partial charge on any atom is -0.455 e. The molecule has 1 atom stereocenters. The number of rotatable bonds is 5. The van der Waals surface area contributed by atoms with Gasteiger partial charge in [-0.05, 0) is 73.3 Å². The van der Waals surface area contributed by atoms with Gasteiger partial charge in [-0.25, -0.2) is 9.98 Å². The topological polar surface area (TPSA) is 49.9 Å². The summed E-state index contributed by atoms with van der Waals surface area (Å²) in [6, 6.07) is 66.4. The Balaban J connectivity index is 1.07. The van der Waals surface area contributed by atoms with Crippen LogP contribution in [0.4, 0.5) is 0 Å². The largest absolute Gasteiger partial charge is 0.455 e. The van der Waals surface area contributed by atoms with Gasteiger partial charge in [-0.2, -0.15) is 0 Å². The van der Waals surface area contributed by atoms with Crippen molar-refractivity contribution < 1.29 is 4.42 Å². The molecule has 0 bridgehead atoms. The predicted octanol–water partition coefficient (Wildman–Crippen LogP) is 12.9. The highest BCUT2D eigenvalue weighted by Gasteiger charge is 2.26. The summed E-state index contributed by atoms with van der Waals surface area (Å²) in [7, 11) is 0. The zero-order chi connectivity index (χ0) is 36.3. The summed E-state index contributed by atoms with van der Waals surface area (Å²) in [5.74, 6) is 1.55. The molecule has 4 nitrogen and oxygen atoms in total. The summed E-state index contributed by atoms with van der Waals surface area (Å²) in [6.45, 7) is 0. The van der Waals surface area contributed by atoms with E-state index in [2.05, 4.69) is 181 Å². The van der Waals surface area contributed by atoms with Crippen LogP contribution < -0.4 is 5.32 Å². The molecule has 11 rings (SSSR count). The van der Waals surface area contributed by atoms with Gasteiger partial charge in [0.1, 0.15) is 22.8 Å². The highest BCUT2D eigenvalue weighted by atomic mass is 16.3. The number of amidine groups is 2. The Morgan fingerprint density at radius 1 is 0.400 bits per heavy atom. The van der Waals surface area contributed by atoms with Crippen LogP contribution in [0.3, 0.4) is 0 Å². The maximum Gasteiger partial charge on any atom is 0.170 e. The number of hydrogen-bond donors (Lipinski definition) is 1. The van der Waals surface area contributed by atoms with Crippen molar-refractivity contribution in [1.29, 1.82) is 0 Å². The van der Waals surface area contributed by atoms with Crippen LogP contribution in [0.15, 0.2) is 202 Å². The van der Waals surface area contributed by atoms with Gasteiger partial charge in [0.25, 0.3) is 0 Å². The lowest BCUT2D eigenvalue weighted by Crippen LogP contribution is -2.36. The van der Waals surface area contributed by atoms with Gasteiger partial charge in [0.2, 0.25) is 0 Å².